The highest BCUT2D eigenvalue weighted by Crippen LogP contribution is 2.89. The molecule has 2 heterocycles. The average Bonchev–Trinajstić information content (AvgIpc) is 3.62. The summed E-state index contributed by atoms with van der Waals surface area (Å²) in [5.41, 5.74) is -0.869. The second-order valence-electron chi connectivity index (χ2n) is 17.7. The third-order valence-electron chi connectivity index (χ3n) is 16.4. The molecular weight excluding hydrogens is 604 g/mol. The average molecular weight is 661 g/mol. The molecule has 7 aliphatic rings. The summed E-state index contributed by atoms with van der Waals surface area (Å²) in [7, 11) is 0. The fourth-order valence-corrected chi connectivity index (χ4v) is 13.2. The van der Waals surface area contributed by atoms with Gasteiger partial charge in [0.25, 0.3) is 0 Å². The topological polar surface area (TPSA) is 163 Å². The van der Waals surface area contributed by atoms with Crippen molar-refractivity contribution in [3.05, 3.63) is 11.6 Å². The largest absolute Gasteiger partial charge is 0.481 e. The smallest absolute Gasteiger partial charge is 0.333 e. The Bertz CT molecular complexity index is 1350. The molecule has 7 rings (SSSR count). The number of carbonyl (C=O) groups excluding carboxylic acids is 1. The molecule has 0 amide bonds. The van der Waals surface area contributed by atoms with Gasteiger partial charge < -0.3 is 39.7 Å². The van der Waals surface area contributed by atoms with Gasteiger partial charge in [-0.1, -0.05) is 26.8 Å². The minimum absolute atomic E-state index is 0.0838. The predicted octanol–water partition coefficient (Wildman–Crippen LogP) is 3.96. The standard InChI is InChI=1S/C37H56O10/c1-19-9-13-34(5,47-29(19)42)20(2)21-10-12-33(4)23-7-8-24-35(6,31(43)44)25(46-30-28(41)27(40)26(39)22(17-38)45-30)11-14-36(24)18-37(23,36)16-15-32(21,33)3/h9,20-28,30,38-41H,7-8,10-18H2,1-6H3,(H,43,44)/t20-,21+,22+,23-,24-,25-,26+,27-,28+,30-,32+,33-,34-,35-,36+,37-/m0/s1. The summed E-state index contributed by atoms with van der Waals surface area (Å²) in [5.74, 6) is -0.0952. The normalized spacial score (nSPS) is 55.8. The van der Waals surface area contributed by atoms with Gasteiger partial charge in [-0.15, -0.1) is 0 Å². The number of fused-ring (bicyclic) bond motifs is 2. The van der Waals surface area contributed by atoms with Crippen LogP contribution in [0.3, 0.4) is 0 Å². The van der Waals surface area contributed by atoms with Crippen LogP contribution in [0.15, 0.2) is 11.6 Å². The first-order chi connectivity index (χ1) is 22.0. The van der Waals surface area contributed by atoms with E-state index in [2.05, 4.69) is 27.7 Å². The Morgan fingerprint density at radius 1 is 0.936 bits per heavy atom. The predicted molar refractivity (Wildman–Crippen MR) is 170 cm³/mol. The Morgan fingerprint density at radius 3 is 2.28 bits per heavy atom. The Morgan fingerprint density at radius 2 is 1.62 bits per heavy atom. The molecule has 47 heavy (non-hydrogen) atoms. The first kappa shape index (κ1) is 33.9. The lowest BCUT2D eigenvalue weighted by atomic mass is 9.41. The summed E-state index contributed by atoms with van der Waals surface area (Å²) in [6.45, 7) is 12.5. The van der Waals surface area contributed by atoms with Crippen LogP contribution in [0.25, 0.3) is 0 Å². The van der Waals surface area contributed by atoms with Gasteiger partial charge in [0.15, 0.2) is 6.29 Å². The van der Waals surface area contributed by atoms with Crippen LogP contribution >= 0.6 is 0 Å². The number of hydrogen-bond acceptors (Lipinski definition) is 9. The number of carbonyl (C=O) groups is 2. The van der Waals surface area contributed by atoms with Gasteiger partial charge in [0.05, 0.1) is 18.1 Å². The fraction of sp³-hybridized carbons (Fsp3) is 0.892. The summed E-state index contributed by atoms with van der Waals surface area (Å²) in [5, 5.41) is 51.9. The van der Waals surface area contributed by atoms with Crippen molar-refractivity contribution < 1.29 is 49.3 Å². The van der Waals surface area contributed by atoms with Crippen LogP contribution < -0.4 is 0 Å². The van der Waals surface area contributed by atoms with Crippen LogP contribution in [0, 0.1) is 50.7 Å². The number of aliphatic hydroxyl groups excluding tert-OH is 4. The van der Waals surface area contributed by atoms with E-state index in [1.54, 1.807) is 6.92 Å². The maximum Gasteiger partial charge on any atom is 0.333 e. The van der Waals surface area contributed by atoms with Crippen LogP contribution in [-0.2, 0) is 23.8 Å². The third-order valence-corrected chi connectivity index (χ3v) is 16.4. The maximum absolute atomic E-state index is 13.3. The van der Waals surface area contributed by atoms with E-state index in [1.165, 1.54) is 0 Å². The molecule has 16 atom stereocenters. The lowest BCUT2D eigenvalue weighted by molar-refractivity contribution is -0.326. The molecule has 0 aromatic rings. The minimum atomic E-state index is -1.58. The quantitative estimate of drug-likeness (QED) is 0.208. The van der Waals surface area contributed by atoms with Crippen molar-refractivity contribution >= 4 is 11.9 Å². The van der Waals surface area contributed by atoms with Crippen LogP contribution in [0.4, 0.5) is 0 Å². The molecule has 0 unspecified atom stereocenters. The first-order valence-electron chi connectivity index (χ1n) is 18.1. The number of rotatable bonds is 6. The minimum Gasteiger partial charge on any atom is -0.481 e. The van der Waals surface area contributed by atoms with Crippen LogP contribution in [0.2, 0.25) is 0 Å². The van der Waals surface area contributed by atoms with Crippen molar-refractivity contribution in [3.8, 4) is 0 Å². The maximum atomic E-state index is 13.3. The Hall–Kier alpha value is -1.56. The third kappa shape index (κ3) is 4.24. The zero-order valence-electron chi connectivity index (χ0n) is 28.9. The zero-order chi connectivity index (χ0) is 34.1. The molecule has 1 saturated heterocycles. The number of aliphatic carboxylic acids is 1. The van der Waals surface area contributed by atoms with Crippen molar-refractivity contribution in [2.45, 2.75) is 148 Å². The van der Waals surface area contributed by atoms with Gasteiger partial charge in [-0.3, -0.25) is 4.79 Å². The molecular formula is C37H56O10. The second kappa shape index (κ2) is 10.7. The van der Waals surface area contributed by atoms with Crippen molar-refractivity contribution in [2.24, 2.45) is 50.7 Å². The molecule has 10 heteroatoms. The van der Waals surface area contributed by atoms with E-state index in [0.717, 1.165) is 57.8 Å². The van der Waals surface area contributed by atoms with Gasteiger partial charge in [0, 0.05) is 12.0 Å². The molecule has 0 radical (unpaired) electrons. The Balaban J connectivity index is 1.14. The van der Waals surface area contributed by atoms with Crippen LogP contribution in [-0.4, -0.2) is 86.5 Å². The molecule has 2 spiro atoms. The molecule has 2 aliphatic heterocycles. The monoisotopic (exact) mass is 660 g/mol. The van der Waals surface area contributed by atoms with E-state index < -0.39 is 60.4 Å². The molecule has 10 nitrogen and oxygen atoms in total. The van der Waals surface area contributed by atoms with Gasteiger partial charge in [-0.05, 0) is 124 Å². The number of hydrogen-bond donors (Lipinski definition) is 5. The van der Waals surface area contributed by atoms with E-state index >= 15 is 0 Å². The molecule has 6 fully saturated rings. The lowest BCUT2D eigenvalue weighted by Crippen LogP contribution is -2.63. The number of carboxylic acid groups (broad SMARTS) is 1. The second-order valence-corrected chi connectivity index (χ2v) is 17.7. The van der Waals surface area contributed by atoms with Gasteiger partial charge in [-0.2, -0.15) is 0 Å². The Labute approximate surface area is 278 Å². The van der Waals surface area contributed by atoms with Crippen molar-refractivity contribution in [3.63, 3.8) is 0 Å². The van der Waals surface area contributed by atoms with Crippen molar-refractivity contribution in [2.75, 3.05) is 6.61 Å². The highest BCUT2D eigenvalue weighted by atomic mass is 16.7. The number of cyclic esters (lactones) is 1. The van der Waals surface area contributed by atoms with Crippen molar-refractivity contribution in [1.82, 2.24) is 0 Å². The van der Waals surface area contributed by atoms with E-state index in [4.69, 9.17) is 14.2 Å². The summed E-state index contributed by atoms with van der Waals surface area (Å²) in [4.78, 5) is 25.9. The lowest BCUT2D eigenvalue weighted by Gasteiger charge is -2.63. The van der Waals surface area contributed by atoms with E-state index in [9.17, 15) is 35.1 Å². The van der Waals surface area contributed by atoms with E-state index in [0.29, 0.717) is 23.8 Å². The van der Waals surface area contributed by atoms with Crippen LogP contribution in [0.1, 0.15) is 106 Å². The SMILES string of the molecule is CC1=CC[C@@](C)([C@@H](C)[C@H]2CC[C@@]3(C)[C@@H]4CC[C@H]5[C@](C)(C(=O)O)[C@@H](O[C@@H]6O[C@H](CO)[C@@H](O)[C@H](O)[C@H]6O)CC[C@@]56C[C@@]46CC[C@]23C)OC1=O. The fourth-order valence-electron chi connectivity index (χ4n) is 13.2. The zero-order valence-corrected chi connectivity index (χ0v) is 28.9. The summed E-state index contributed by atoms with van der Waals surface area (Å²) in [6.07, 6.45) is 3.41. The summed E-state index contributed by atoms with van der Waals surface area (Å²) in [6, 6.07) is 0. The highest BCUT2D eigenvalue weighted by molar-refractivity contribution is 5.88. The number of ether oxygens (including phenoxy) is 3. The molecule has 0 bridgehead atoms. The molecule has 5 aliphatic carbocycles. The number of aliphatic hydroxyl groups is 4. The van der Waals surface area contributed by atoms with E-state index in [-0.39, 0.29) is 39.5 Å². The Kier molecular flexibility index (Phi) is 7.74. The number of esters is 1. The van der Waals surface area contributed by atoms with Gasteiger partial charge in [-0.25, -0.2) is 4.79 Å². The molecule has 0 aromatic carbocycles. The molecule has 0 aromatic heterocycles. The first-order valence-corrected chi connectivity index (χ1v) is 18.1. The van der Waals surface area contributed by atoms with Crippen LogP contribution in [0.5, 0.6) is 0 Å². The van der Waals surface area contributed by atoms with Gasteiger partial charge in [0.1, 0.15) is 30.0 Å². The molecule has 5 N–H and O–H groups in total. The number of carboxylic acids is 1. The molecule has 5 saturated carbocycles. The highest BCUT2D eigenvalue weighted by Gasteiger charge is 2.83. The van der Waals surface area contributed by atoms with Gasteiger partial charge in [0.2, 0.25) is 0 Å². The molecule has 264 valence electrons. The van der Waals surface area contributed by atoms with Gasteiger partial charge >= 0.3 is 11.9 Å². The summed E-state index contributed by atoms with van der Waals surface area (Å²) >= 11 is 0. The van der Waals surface area contributed by atoms with Crippen molar-refractivity contribution in [1.29, 1.82) is 0 Å². The van der Waals surface area contributed by atoms with E-state index in [1.807, 2.05) is 13.0 Å². The summed E-state index contributed by atoms with van der Waals surface area (Å²) < 4.78 is 18.1.